The van der Waals surface area contributed by atoms with E-state index >= 15 is 0 Å². The molecule has 0 unspecified atom stereocenters. The van der Waals surface area contributed by atoms with Gasteiger partial charge >= 0.3 is 5.97 Å². The fraction of sp³-hybridized carbons (Fsp3) is 0.714. The molecule has 1 saturated carbocycles. The maximum atomic E-state index is 12.1. The summed E-state index contributed by atoms with van der Waals surface area (Å²) in [4.78, 5) is 25.7. The molecule has 122 valence electrons. The number of hydrogen-bond acceptors (Lipinski definition) is 6. The second-order valence-corrected chi connectivity index (χ2v) is 7.08. The van der Waals surface area contributed by atoms with Crippen molar-refractivity contribution in [3.8, 4) is 0 Å². The summed E-state index contributed by atoms with van der Waals surface area (Å²) in [6, 6.07) is 0. The van der Waals surface area contributed by atoms with Crippen molar-refractivity contribution in [1.82, 2.24) is 4.90 Å². The van der Waals surface area contributed by atoms with Gasteiger partial charge in [-0.05, 0) is 6.92 Å². The zero-order valence-corrected chi connectivity index (χ0v) is 13.4. The number of ether oxygens (including phenoxy) is 2. The van der Waals surface area contributed by atoms with Gasteiger partial charge in [0.1, 0.15) is 11.1 Å². The van der Waals surface area contributed by atoms with Crippen molar-refractivity contribution in [1.29, 1.82) is 0 Å². The number of hydrogen-bond donors (Lipinski definition) is 2. The van der Waals surface area contributed by atoms with E-state index in [0.29, 0.717) is 17.7 Å². The third-order valence-electron chi connectivity index (χ3n) is 4.76. The van der Waals surface area contributed by atoms with Crippen LogP contribution >= 0.6 is 11.8 Å². The molecule has 22 heavy (non-hydrogen) atoms. The lowest BCUT2D eigenvalue weighted by Gasteiger charge is -2.45. The van der Waals surface area contributed by atoms with Gasteiger partial charge in [0.05, 0.1) is 12.0 Å². The molecule has 1 saturated heterocycles. The number of aliphatic hydroxyl groups excluding tert-OH is 1. The molecular weight excluding hydrogens is 310 g/mol. The molecule has 2 heterocycles. The summed E-state index contributed by atoms with van der Waals surface area (Å²) in [5, 5.41) is 18.9. The number of nitrogens with zero attached hydrogens (tertiary/aromatic N) is 1. The smallest absolute Gasteiger partial charge is 0.353 e. The molecule has 2 N–H and O–H groups in total. The molecule has 1 amide bonds. The van der Waals surface area contributed by atoms with Crippen molar-refractivity contribution >= 4 is 23.6 Å². The molecule has 2 aliphatic heterocycles. The Morgan fingerprint density at radius 1 is 1.41 bits per heavy atom. The summed E-state index contributed by atoms with van der Waals surface area (Å²) in [7, 11) is 3.13. The summed E-state index contributed by atoms with van der Waals surface area (Å²) >= 11 is 1.38. The Morgan fingerprint density at radius 3 is 2.45 bits per heavy atom. The van der Waals surface area contributed by atoms with Crippen molar-refractivity contribution in [3.05, 3.63) is 10.6 Å². The quantitative estimate of drug-likeness (QED) is 0.563. The molecule has 1 aliphatic carbocycles. The van der Waals surface area contributed by atoms with Crippen molar-refractivity contribution in [3.63, 3.8) is 0 Å². The first kappa shape index (κ1) is 15.8. The van der Waals surface area contributed by atoms with E-state index in [2.05, 4.69) is 0 Å². The summed E-state index contributed by atoms with van der Waals surface area (Å²) in [5.41, 5.74) is 0.0581. The van der Waals surface area contributed by atoms with Crippen LogP contribution in [-0.4, -0.2) is 58.5 Å². The second-order valence-electron chi connectivity index (χ2n) is 5.93. The van der Waals surface area contributed by atoms with Crippen LogP contribution in [0.4, 0.5) is 0 Å². The molecule has 0 aromatic heterocycles. The van der Waals surface area contributed by atoms with E-state index in [-0.39, 0.29) is 22.9 Å². The number of carbonyl (C=O) groups is 2. The molecule has 2 fully saturated rings. The van der Waals surface area contributed by atoms with Crippen LogP contribution in [0.3, 0.4) is 0 Å². The van der Waals surface area contributed by atoms with Crippen molar-refractivity contribution < 1.29 is 29.3 Å². The van der Waals surface area contributed by atoms with Gasteiger partial charge in [0.2, 0.25) is 5.91 Å². The lowest BCUT2D eigenvalue weighted by molar-refractivity contribution is -0.263. The number of amides is 1. The van der Waals surface area contributed by atoms with Crippen LogP contribution in [-0.2, 0) is 19.1 Å². The number of carbonyl (C=O) groups excluding carboxylic acids is 1. The third kappa shape index (κ3) is 2.01. The average Bonchev–Trinajstić information content (AvgIpc) is 2.73. The van der Waals surface area contributed by atoms with Gasteiger partial charge < -0.3 is 19.7 Å². The number of β-lactam (4-membered cyclic amide) rings is 1. The predicted molar refractivity (Wildman–Crippen MR) is 77.5 cm³/mol. The lowest BCUT2D eigenvalue weighted by atomic mass is 9.77. The number of aliphatic hydroxyl groups is 1. The van der Waals surface area contributed by atoms with E-state index < -0.39 is 23.8 Å². The minimum Gasteiger partial charge on any atom is -0.477 e. The molecule has 0 spiro atoms. The summed E-state index contributed by atoms with van der Waals surface area (Å²) < 4.78 is 10.7. The van der Waals surface area contributed by atoms with Gasteiger partial charge in [-0.2, -0.15) is 0 Å². The van der Waals surface area contributed by atoms with Crippen LogP contribution in [0.5, 0.6) is 0 Å². The second kappa shape index (κ2) is 5.23. The van der Waals surface area contributed by atoms with Crippen molar-refractivity contribution in [2.45, 2.75) is 37.0 Å². The first-order valence-corrected chi connectivity index (χ1v) is 7.98. The van der Waals surface area contributed by atoms with Crippen LogP contribution in [0.15, 0.2) is 10.6 Å². The molecule has 0 bridgehead atoms. The lowest BCUT2D eigenvalue weighted by Crippen LogP contribution is -2.60. The molecule has 3 atom stereocenters. The number of rotatable bonds is 5. The monoisotopic (exact) mass is 329 g/mol. The van der Waals surface area contributed by atoms with E-state index in [1.165, 1.54) is 16.7 Å². The highest BCUT2D eigenvalue weighted by molar-refractivity contribution is 8.04. The van der Waals surface area contributed by atoms with Crippen LogP contribution in [0.25, 0.3) is 0 Å². The van der Waals surface area contributed by atoms with Crippen molar-refractivity contribution in [2.75, 3.05) is 14.2 Å². The highest BCUT2D eigenvalue weighted by Crippen LogP contribution is 2.57. The SMILES string of the molecule is COC1(OC)CC(C2=C(C(=O)O)N3C(=O)[C@H]([C@@H](C)O)[C@H]3S2)C1. The summed E-state index contributed by atoms with van der Waals surface area (Å²) in [6.07, 6.45) is 0.342. The fourth-order valence-corrected chi connectivity index (χ4v) is 5.11. The molecule has 0 aromatic rings. The van der Waals surface area contributed by atoms with Gasteiger partial charge in [0.15, 0.2) is 5.79 Å². The first-order chi connectivity index (χ1) is 10.3. The number of allylic oxidation sites excluding steroid dienone is 1. The van der Waals surface area contributed by atoms with Gasteiger partial charge in [-0.1, -0.05) is 0 Å². The van der Waals surface area contributed by atoms with Gasteiger partial charge in [0, 0.05) is 37.9 Å². The predicted octanol–water partition coefficient (Wildman–Crippen LogP) is 0.594. The zero-order chi connectivity index (χ0) is 16.2. The van der Waals surface area contributed by atoms with Crippen LogP contribution in [0, 0.1) is 11.8 Å². The van der Waals surface area contributed by atoms with E-state index in [1.807, 2.05) is 0 Å². The van der Waals surface area contributed by atoms with Gasteiger partial charge in [0.25, 0.3) is 0 Å². The number of aliphatic carboxylic acids is 1. The van der Waals surface area contributed by atoms with E-state index in [4.69, 9.17) is 9.47 Å². The summed E-state index contributed by atoms with van der Waals surface area (Å²) in [6.45, 7) is 1.56. The molecule has 0 aromatic carbocycles. The van der Waals surface area contributed by atoms with Gasteiger partial charge in [-0.15, -0.1) is 11.8 Å². The van der Waals surface area contributed by atoms with E-state index in [9.17, 15) is 19.8 Å². The van der Waals surface area contributed by atoms with Gasteiger partial charge in [-0.25, -0.2) is 4.79 Å². The standard InChI is InChI=1S/C14H19NO6S/c1-6(16)8-11(17)15-9(13(18)19)10(22-12(8)15)7-4-14(5-7,20-2)21-3/h6-8,12,16H,4-5H2,1-3H3,(H,18,19)/t6-,8+,12-/m1/s1. The minimum atomic E-state index is -1.10. The number of methoxy groups -OCH3 is 2. The molecule has 7 nitrogen and oxygen atoms in total. The summed E-state index contributed by atoms with van der Waals surface area (Å²) in [5.74, 6) is -2.61. The molecule has 0 radical (unpaired) electrons. The Hall–Kier alpha value is -1.09. The highest BCUT2D eigenvalue weighted by atomic mass is 32.2. The van der Waals surface area contributed by atoms with Gasteiger partial charge in [-0.3, -0.25) is 9.69 Å². The average molecular weight is 329 g/mol. The number of carboxylic acids is 1. The minimum absolute atomic E-state index is 0.00375. The Labute approximate surface area is 132 Å². The Bertz CT molecular complexity index is 548. The molecule has 3 rings (SSSR count). The highest BCUT2D eigenvalue weighted by Gasteiger charge is 2.60. The van der Waals surface area contributed by atoms with Crippen molar-refractivity contribution in [2.24, 2.45) is 11.8 Å². The number of thioether (sulfide) groups is 1. The van der Waals surface area contributed by atoms with E-state index in [1.54, 1.807) is 21.1 Å². The van der Waals surface area contributed by atoms with E-state index in [0.717, 1.165) is 0 Å². The first-order valence-electron chi connectivity index (χ1n) is 7.11. The largest absolute Gasteiger partial charge is 0.477 e. The van der Waals surface area contributed by atoms with Crippen LogP contribution in [0.2, 0.25) is 0 Å². The Kier molecular flexibility index (Phi) is 3.75. The molecular formula is C14H19NO6S. The van der Waals surface area contributed by atoms with Crippen LogP contribution in [0.1, 0.15) is 19.8 Å². The Morgan fingerprint density at radius 2 is 2.00 bits per heavy atom. The Balaban J connectivity index is 1.83. The molecule has 3 aliphatic rings. The number of carboxylic acid groups (broad SMARTS) is 1. The third-order valence-corrected chi connectivity index (χ3v) is 6.28. The zero-order valence-electron chi connectivity index (χ0n) is 12.6. The fourth-order valence-electron chi connectivity index (χ4n) is 3.39. The topological polar surface area (TPSA) is 96.3 Å². The normalized spacial score (nSPS) is 31.6. The maximum absolute atomic E-state index is 12.1. The van der Waals surface area contributed by atoms with Crippen LogP contribution < -0.4 is 0 Å². The maximum Gasteiger partial charge on any atom is 0.353 e. The molecule has 8 heteroatoms. The number of fused-ring (bicyclic) bond motifs is 1.